The van der Waals surface area contributed by atoms with Gasteiger partial charge in [-0.05, 0) is 92.2 Å². The Labute approximate surface area is 192 Å². The Morgan fingerprint density at radius 1 is 1.09 bits per heavy atom. The molecule has 0 spiro atoms. The van der Waals surface area contributed by atoms with E-state index in [1.54, 1.807) is 5.57 Å². The average Bonchev–Trinajstić information content (AvgIpc) is 3.03. The van der Waals surface area contributed by atoms with Crippen molar-refractivity contribution in [3.8, 4) is 0 Å². The molecular weight excluding hydrogens is 394 g/mol. The molecule has 1 aromatic rings. The lowest BCUT2D eigenvalue weighted by molar-refractivity contribution is -0.114. The molecule has 1 aromatic carbocycles. The molecule has 2 saturated carbocycles. The Hall–Kier alpha value is -2.13. The summed E-state index contributed by atoms with van der Waals surface area (Å²) in [7, 11) is 4.16. The van der Waals surface area contributed by atoms with Crippen molar-refractivity contribution in [3.05, 3.63) is 64.8 Å². The highest BCUT2D eigenvalue weighted by Crippen LogP contribution is 2.67. The Kier molecular flexibility index (Phi) is 5.24. The van der Waals surface area contributed by atoms with Crippen molar-refractivity contribution in [2.75, 3.05) is 19.0 Å². The van der Waals surface area contributed by atoms with Crippen LogP contribution in [0.4, 0.5) is 5.69 Å². The molecule has 0 bridgehead atoms. The highest BCUT2D eigenvalue weighted by Gasteiger charge is 2.61. The Morgan fingerprint density at radius 3 is 2.53 bits per heavy atom. The first-order chi connectivity index (χ1) is 15.3. The van der Waals surface area contributed by atoms with E-state index in [1.807, 2.05) is 19.1 Å². The SMILES string of the molecule is C/C=C\[C@]1(O)CC[C@H]2[C@@H]3CCC4=CC(=O)CCC4=C3[C@@H](c3ccc(N(C)C)cc3)C[C@@]21C. The summed E-state index contributed by atoms with van der Waals surface area (Å²) in [6.45, 7) is 4.38. The van der Waals surface area contributed by atoms with E-state index >= 15 is 0 Å². The van der Waals surface area contributed by atoms with Gasteiger partial charge in [0.15, 0.2) is 5.78 Å². The second-order valence-electron chi connectivity index (χ2n) is 10.9. The molecule has 2 fully saturated rings. The third-order valence-electron chi connectivity index (χ3n) is 9.20. The van der Waals surface area contributed by atoms with Gasteiger partial charge in [0.05, 0.1) is 5.60 Å². The average molecular weight is 432 g/mol. The lowest BCUT2D eigenvalue weighted by atomic mass is 9.51. The van der Waals surface area contributed by atoms with Gasteiger partial charge in [-0.1, -0.05) is 36.8 Å². The molecule has 5 rings (SSSR count). The molecule has 1 N–H and O–H groups in total. The molecule has 0 radical (unpaired) electrons. The fourth-order valence-corrected chi connectivity index (χ4v) is 7.55. The van der Waals surface area contributed by atoms with Gasteiger partial charge in [0, 0.05) is 37.5 Å². The number of allylic oxidation sites excluding steroid dienone is 5. The zero-order chi connectivity index (χ0) is 22.7. The van der Waals surface area contributed by atoms with Crippen LogP contribution in [0.5, 0.6) is 0 Å². The standard InChI is InChI=1S/C29H37NO2/c1-5-15-29(32)16-14-26-24-12-8-20-17-22(31)11-13-23(20)27(24)25(18-28(26,29)2)19-6-9-21(10-7-19)30(3)4/h5-7,9-10,15,17,24-26,32H,8,11-14,16,18H2,1-4H3/b15-5-/t24-,25+,26-,28-,29-/m0/s1. The molecule has 3 nitrogen and oxygen atoms in total. The fraction of sp³-hybridized carbons (Fsp3) is 0.552. The number of hydrogen-bond acceptors (Lipinski definition) is 3. The van der Waals surface area contributed by atoms with Crippen molar-refractivity contribution in [1.82, 2.24) is 0 Å². The molecule has 170 valence electrons. The van der Waals surface area contributed by atoms with Gasteiger partial charge in [0.2, 0.25) is 0 Å². The normalized spacial score (nSPS) is 36.6. The summed E-state index contributed by atoms with van der Waals surface area (Å²) in [5.74, 6) is 1.60. The molecule has 0 heterocycles. The van der Waals surface area contributed by atoms with Crippen LogP contribution in [0.25, 0.3) is 0 Å². The monoisotopic (exact) mass is 431 g/mol. The van der Waals surface area contributed by atoms with E-state index in [-0.39, 0.29) is 5.41 Å². The summed E-state index contributed by atoms with van der Waals surface area (Å²) >= 11 is 0. The van der Waals surface area contributed by atoms with E-state index in [9.17, 15) is 9.90 Å². The van der Waals surface area contributed by atoms with E-state index in [4.69, 9.17) is 0 Å². The summed E-state index contributed by atoms with van der Waals surface area (Å²) < 4.78 is 0. The predicted octanol–water partition coefficient (Wildman–Crippen LogP) is 5.96. The Morgan fingerprint density at radius 2 is 1.84 bits per heavy atom. The van der Waals surface area contributed by atoms with E-state index in [1.165, 1.54) is 22.4 Å². The maximum atomic E-state index is 12.2. The predicted molar refractivity (Wildman–Crippen MR) is 131 cm³/mol. The van der Waals surface area contributed by atoms with Crippen LogP contribution >= 0.6 is 0 Å². The van der Waals surface area contributed by atoms with Gasteiger partial charge in [-0.2, -0.15) is 0 Å². The first-order valence-electron chi connectivity index (χ1n) is 12.4. The molecule has 5 atom stereocenters. The third kappa shape index (κ3) is 3.15. The number of fused-ring (bicyclic) bond motifs is 4. The molecule has 0 aromatic heterocycles. The van der Waals surface area contributed by atoms with Crippen molar-refractivity contribution in [1.29, 1.82) is 0 Å². The number of benzene rings is 1. The molecular formula is C29H37NO2. The van der Waals surface area contributed by atoms with Crippen LogP contribution in [0.15, 0.2) is 59.2 Å². The van der Waals surface area contributed by atoms with E-state index in [2.05, 4.69) is 56.3 Å². The zero-order valence-electron chi connectivity index (χ0n) is 20.0. The maximum absolute atomic E-state index is 12.2. The van der Waals surface area contributed by atoms with Crippen molar-refractivity contribution < 1.29 is 9.90 Å². The molecule has 0 aliphatic heterocycles. The molecule has 4 aliphatic rings. The van der Waals surface area contributed by atoms with Crippen LogP contribution in [-0.4, -0.2) is 30.6 Å². The van der Waals surface area contributed by atoms with E-state index in [0.717, 1.165) is 38.5 Å². The van der Waals surface area contributed by atoms with Gasteiger partial charge in [-0.25, -0.2) is 0 Å². The molecule has 32 heavy (non-hydrogen) atoms. The number of aliphatic hydroxyl groups is 1. The molecule has 3 heteroatoms. The molecule has 0 unspecified atom stereocenters. The van der Waals surface area contributed by atoms with Crippen molar-refractivity contribution in [2.45, 2.75) is 70.3 Å². The first kappa shape index (κ1) is 21.7. The number of nitrogens with zero attached hydrogens (tertiary/aromatic N) is 1. The van der Waals surface area contributed by atoms with Crippen LogP contribution in [0.3, 0.4) is 0 Å². The van der Waals surface area contributed by atoms with Crippen molar-refractivity contribution in [3.63, 3.8) is 0 Å². The topological polar surface area (TPSA) is 40.5 Å². The van der Waals surface area contributed by atoms with Crippen LogP contribution in [-0.2, 0) is 4.79 Å². The van der Waals surface area contributed by atoms with Gasteiger partial charge in [-0.15, -0.1) is 0 Å². The Balaban J connectivity index is 1.66. The summed E-state index contributed by atoms with van der Waals surface area (Å²) in [4.78, 5) is 14.3. The number of ketones is 1. The lowest BCUT2D eigenvalue weighted by Crippen LogP contribution is -2.50. The minimum absolute atomic E-state index is 0.134. The fourth-order valence-electron chi connectivity index (χ4n) is 7.55. The lowest BCUT2D eigenvalue weighted by Gasteiger charge is -2.54. The van der Waals surface area contributed by atoms with Crippen LogP contribution in [0.1, 0.15) is 70.3 Å². The van der Waals surface area contributed by atoms with Gasteiger partial charge in [-0.3, -0.25) is 4.79 Å². The maximum Gasteiger partial charge on any atom is 0.156 e. The van der Waals surface area contributed by atoms with E-state index < -0.39 is 5.60 Å². The van der Waals surface area contributed by atoms with Gasteiger partial charge in [0.1, 0.15) is 0 Å². The summed E-state index contributed by atoms with van der Waals surface area (Å²) in [5, 5.41) is 11.8. The summed E-state index contributed by atoms with van der Waals surface area (Å²) in [5.41, 5.74) is 6.07. The minimum Gasteiger partial charge on any atom is -0.385 e. The van der Waals surface area contributed by atoms with Gasteiger partial charge < -0.3 is 10.0 Å². The summed E-state index contributed by atoms with van der Waals surface area (Å²) in [6.07, 6.45) is 12.6. The molecule has 4 aliphatic carbocycles. The van der Waals surface area contributed by atoms with E-state index in [0.29, 0.717) is 30.0 Å². The van der Waals surface area contributed by atoms with Crippen LogP contribution in [0, 0.1) is 17.3 Å². The number of anilines is 1. The van der Waals surface area contributed by atoms with Crippen LogP contribution in [0.2, 0.25) is 0 Å². The molecule has 0 saturated heterocycles. The minimum atomic E-state index is -0.733. The second kappa shape index (κ2) is 7.73. The molecule has 0 amide bonds. The van der Waals surface area contributed by atoms with Crippen molar-refractivity contribution in [2.24, 2.45) is 17.3 Å². The first-order valence-corrected chi connectivity index (χ1v) is 12.4. The number of rotatable bonds is 3. The van der Waals surface area contributed by atoms with Gasteiger partial charge >= 0.3 is 0 Å². The van der Waals surface area contributed by atoms with Crippen molar-refractivity contribution >= 4 is 11.5 Å². The van der Waals surface area contributed by atoms with Crippen LogP contribution < -0.4 is 4.90 Å². The number of hydrogen-bond donors (Lipinski definition) is 1. The quantitative estimate of drug-likeness (QED) is 0.600. The largest absolute Gasteiger partial charge is 0.385 e. The highest BCUT2D eigenvalue weighted by molar-refractivity contribution is 5.93. The Bertz CT molecular complexity index is 1010. The zero-order valence-corrected chi connectivity index (χ0v) is 20.0. The third-order valence-corrected chi connectivity index (χ3v) is 9.20. The summed E-state index contributed by atoms with van der Waals surface area (Å²) in [6, 6.07) is 9.04. The second-order valence-corrected chi connectivity index (χ2v) is 10.9. The smallest absolute Gasteiger partial charge is 0.156 e. The highest BCUT2D eigenvalue weighted by atomic mass is 16.3. The number of carbonyl (C=O) groups excluding carboxylic acids is 1. The number of carbonyl (C=O) groups is 1. The van der Waals surface area contributed by atoms with Gasteiger partial charge in [0.25, 0.3) is 0 Å².